The van der Waals surface area contributed by atoms with Crippen molar-refractivity contribution < 1.29 is 18.0 Å². The summed E-state index contributed by atoms with van der Waals surface area (Å²) in [6.07, 6.45) is 2.69. The fourth-order valence-corrected chi connectivity index (χ4v) is 1.86. The fourth-order valence-electron chi connectivity index (χ4n) is 1.86. The summed E-state index contributed by atoms with van der Waals surface area (Å²) >= 11 is 0. The van der Waals surface area contributed by atoms with Gasteiger partial charge in [0.1, 0.15) is 0 Å². The van der Waals surface area contributed by atoms with Crippen LogP contribution in [0, 0.1) is 17.5 Å². The quantitative estimate of drug-likeness (QED) is 0.795. The minimum Gasteiger partial charge on any atom is -0.347 e. The molecule has 0 heterocycles. The van der Waals surface area contributed by atoms with Crippen molar-refractivity contribution in [2.45, 2.75) is 31.7 Å². The maximum absolute atomic E-state index is 12.9. The lowest BCUT2D eigenvalue weighted by atomic mass is 9.78. The summed E-state index contributed by atoms with van der Waals surface area (Å²) < 4.78 is 38.6. The van der Waals surface area contributed by atoms with E-state index in [1.54, 1.807) is 0 Å². The van der Waals surface area contributed by atoms with E-state index >= 15 is 0 Å². The maximum atomic E-state index is 12.9. The molecule has 0 unspecified atom stereocenters. The first-order valence-electron chi connectivity index (χ1n) is 5.38. The highest BCUT2D eigenvalue weighted by molar-refractivity contribution is 5.94. The largest absolute Gasteiger partial charge is 0.347 e. The van der Waals surface area contributed by atoms with Crippen molar-refractivity contribution in [1.82, 2.24) is 5.32 Å². The molecule has 1 aliphatic rings. The van der Waals surface area contributed by atoms with Crippen LogP contribution in [0.2, 0.25) is 0 Å². The van der Waals surface area contributed by atoms with Gasteiger partial charge in [0.2, 0.25) is 0 Å². The van der Waals surface area contributed by atoms with Crippen LogP contribution in [0.25, 0.3) is 0 Å². The molecule has 0 aromatic heterocycles. The minimum atomic E-state index is -1.56. The van der Waals surface area contributed by atoms with Crippen molar-refractivity contribution >= 4 is 5.91 Å². The van der Waals surface area contributed by atoms with Gasteiger partial charge in [0.25, 0.3) is 5.91 Å². The first kappa shape index (κ1) is 12.0. The first-order valence-corrected chi connectivity index (χ1v) is 5.38. The number of benzene rings is 1. The Balaban J connectivity index is 2.19. The van der Waals surface area contributed by atoms with Gasteiger partial charge in [0.15, 0.2) is 17.5 Å². The van der Waals surface area contributed by atoms with E-state index in [9.17, 15) is 18.0 Å². The third kappa shape index (κ3) is 2.28. The zero-order valence-corrected chi connectivity index (χ0v) is 9.32. The van der Waals surface area contributed by atoms with Crippen LogP contribution >= 0.6 is 0 Å². The number of hydrogen-bond acceptors (Lipinski definition) is 1. The molecule has 1 aromatic carbocycles. The van der Waals surface area contributed by atoms with Gasteiger partial charge in [-0.1, -0.05) is 0 Å². The smallest absolute Gasteiger partial charge is 0.251 e. The molecule has 0 saturated heterocycles. The second-order valence-electron chi connectivity index (χ2n) is 4.62. The summed E-state index contributed by atoms with van der Waals surface area (Å²) in [6.45, 7) is 1.87. The molecule has 1 amide bonds. The van der Waals surface area contributed by atoms with E-state index in [4.69, 9.17) is 0 Å². The van der Waals surface area contributed by atoms with Gasteiger partial charge in [-0.15, -0.1) is 0 Å². The molecule has 5 heteroatoms. The van der Waals surface area contributed by atoms with E-state index in [0.717, 1.165) is 19.3 Å². The van der Waals surface area contributed by atoms with Crippen LogP contribution in [0.5, 0.6) is 0 Å². The van der Waals surface area contributed by atoms with Gasteiger partial charge in [-0.3, -0.25) is 4.79 Å². The van der Waals surface area contributed by atoms with Crippen LogP contribution in [-0.2, 0) is 0 Å². The molecule has 17 heavy (non-hydrogen) atoms. The number of hydrogen-bond donors (Lipinski definition) is 1. The molecule has 92 valence electrons. The Labute approximate surface area is 96.8 Å². The lowest BCUT2D eigenvalue weighted by Gasteiger charge is -2.39. The molecule has 0 aliphatic heterocycles. The molecule has 2 rings (SSSR count). The minimum absolute atomic E-state index is 0.200. The summed E-state index contributed by atoms with van der Waals surface area (Å²) in [7, 11) is 0. The van der Waals surface area contributed by atoms with E-state index in [-0.39, 0.29) is 11.1 Å². The van der Waals surface area contributed by atoms with Gasteiger partial charge in [0.05, 0.1) is 0 Å². The molecule has 0 atom stereocenters. The van der Waals surface area contributed by atoms with Crippen LogP contribution in [0.4, 0.5) is 13.2 Å². The van der Waals surface area contributed by atoms with E-state index < -0.39 is 23.4 Å². The summed E-state index contributed by atoms with van der Waals surface area (Å²) in [6, 6.07) is 1.41. The molecule has 0 bridgehead atoms. The van der Waals surface area contributed by atoms with Gasteiger partial charge in [-0.05, 0) is 38.3 Å². The normalized spacial score (nSPS) is 17.4. The van der Waals surface area contributed by atoms with Crippen molar-refractivity contribution in [3.05, 3.63) is 35.1 Å². The zero-order chi connectivity index (χ0) is 12.6. The molecule has 2 nitrogen and oxygen atoms in total. The van der Waals surface area contributed by atoms with Crippen LogP contribution in [-0.4, -0.2) is 11.4 Å². The monoisotopic (exact) mass is 243 g/mol. The molecule has 0 radical (unpaired) electrons. The molecular weight excluding hydrogens is 231 g/mol. The van der Waals surface area contributed by atoms with Crippen LogP contribution in [0.15, 0.2) is 12.1 Å². The van der Waals surface area contributed by atoms with Gasteiger partial charge >= 0.3 is 0 Å². The van der Waals surface area contributed by atoms with Gasteiger partial charge in [-0.25, -0.2) is 13.2 Å². The fraction of sp³-hybridized carbons (Fsp3) is 0.417. The average molecular weight is 243 g/mol. The van der Waals surface area contributed by atoms with Crippen molar-refractivity contribution in [2.75, 3.05) is 0 Å². The highest BCUT2D eigenvalue weighted by atomic mass is 19.2. The molecule has 1 aliphatic carbocycles. The third-order valence-corrected chi connectivity index (χ3v) is 3.12. The van der Waals surface area contributed by atoms with Gasteiger partial charge in [-0.2, -0.15) is 0 Å². The van der Waals surface area contributed by atoms with E-state index in [1.165, 1.54) is 0 Å². The zero-order valence-electron chi connectivity index (χ0n) is 9.32. The molecule has 0 spiro atoms. The predicted molar refractivity (Wildman–Crippen MR) is 56.0 cm³/mol. The molecule has 1 saturated carbocycles. The Morgan fingerprint density at radius 2 is 1.76 bits per heavy atom. The number of nitrogens with one attached hydrogen (secondary N) is 1. The third-order valence-electron chi connectivity index (χ3n) is 3.12. The Morgan fingerprint density at radius 3 is 2.18 bits per heavy atom. The predicted octanol–water partition coefficient (Wildman–Crippen LogP) is 2.78. The summed E-state index contributed by atoms with van der Waals surface area (Å²) in [5.41, 5.74) is -0.507. The van der Waals surface area contributed by atoms with Crippen LogP contribution < -0.4 is 5.32 Å². The topological polar surface area (TPSA) is 29.1 Å². The van der Waals surface area contributed by atoms with Gasteiger partial charge < -0.3 is 5.32 Å². The molecule has 1 N–H and O–H groups in total. The number of halogens is 3. The number of rotatable bonds is 2. The SMILES string of the molecule is CC1(NC(=O)c2cc(F)c(F)c(F)c2)CCC1. The van der Waals surface area contributed by atoms with E-state index in [0.29, 0.717) is 12.1 Å². The van der Waals surface area contributed by atoms with Crippen LogP contribution in [0.3, 0.4) is 0 Å². The number of carbonyl (C=O) groups is 1. The van der Waals surface area contributed by atoms with E-state index in [1.807, 2.05) is 6.92 Å². The highest BCUT2D eigenvalue weighted by Crippen LogP contribution is 2.31. The summed E-state index contributed by atoms with van der Waals surface area (Å²) in [4.78, 5) is 11.7. The first-order chi connectivity index (χ1) is 7.91. The standard InChI is InChI=1S/C12H12F3NO/c1-12(3-2-4-12)16-11(17)7-5-8(13)10(15)9(14)6-7/h5-6H,2-4H2,1H3,(H,16,17). The van der Waals surface area contributed by atoms with Crippen molar-refractivity contribution in [3.8, 4) is 0 Å². The van der Waals surface area contributed by atoms with Crippen LogP contribution in [0.1, 0.15) is 36.5 Å². The average Bonchev–Trinajstić information content (AvgIpc) is 2.22. The molecule has 1 aromatic rings. The van der Waals surface area contributed by atoms with Gasteiger partial charge in [0, 0.05) is 11.1 Å². The van der Waals surface area contributed by atoms with Crippen molar-refractivity contribution in [1.29, 1.82) is 0 Å². The molecular formula is C12H12F3NO. The molecule has 1 fully saturated rings. The maximum Gasteiger partial charge on any atom is 0.251 e. The second kappa shape index (κ2) is 4.05. The summed E-state index contributed by atoms with van der Waals surface area (Å²) in [5.74, 6) is -4.84. The second-order valence-corrected chi connectivity index (χ2v) is 4.62. The Morgan fingerprint density at radius 1 is 1.24 bits per heavy atom. The lowest BCUT2D eigenvalue weighted by Crippen LogP contribution is -2.50. The highest BCUT2D eigenvalue weighted by Gasteiger charge is 2.33. The Kier molecular flexibility index (Phi) is 2.85. The van der Waals surface area contributed by atoms with Crippen molar-refractivity contribution in [2.24, 2.45) is 0 Å². The van der Waals surface area contributed by atoms with Crippen molar-refractivity contribution in [3.63, 3.8) is 0 Å². The Hall–Kier alpha value is -1.52. The lowest BCUT2D eigenvalue weighted by molar-refractivity contribution is 0.0849. The summed E-state index contributed by atoms with van der Waals surface area (Å²) in [5, 5.41) is 2.69. The van der Waals surface area contributed by atoms with E-state index in [2.05, 4.69) is 5.32 Å². The number of amides is 1. The Bertz CT molecular complexity index is 446. The number of carbonyl (C=O) groups excluding carboxylic acids is 1.